The van der Waals surface area contributed by atoms with Gasteiger partial charge in [-0.05, 0) is 36.1 Å². The number of hydrogen-bond donors (Lipinski definition) is 1. The number of esters is 1. The van der Waals surface area contributed by atoms with E-state index in [0.717, 1.165) is 24.0 Å². The first-order valence-corrected chi connectivity index (χ1v) is 7.78. The van der Waals surface area contributed by atoms with E-state index in [1.807, 2.05) is 18.2 Å². The molecule has 0 aromatic heterocycles. The summed E-state index contributed by atoms with van der Waals surface area (Å²) in [5.41, 5.74) is 2.69. The Kier molecular flexibility index (Phi) is 5.95. The fraction of sp³-hybridized carbons (Fsp3) is 0.263. The molecule has 0 saturated heterocycles. The van der Waals surface area contributed by atoms with Crippen molar-refractivity contribution in [1.29, 1.82) is 0 Å². The quantitative estimate of drug-likeness (QED) is 0.622. The number of carbonyl (C=O) groups excluding carboxylic acids is 1. The third-order valence-corrected chi connectivity index (χ3v) is 3.73. The number of rotatable bonds is 6. The van der Waals surface area contributed by atoms with Gasteiger partial charge in [-0.3, -0.25) is 0 Å². The van der Waals surface area contributed by atoms with Gasteiger partial charge in [-0.25, -0.2) is 9.59 Å². The zero-order valence-electron chi connectivity index (χ0n) is 13.7. The third kappa shape index (κ3) is 3.93. The van der Waals surface area contributed by atoms with E-state index in [2.05, 4.69) is 6.92 Å². The van der Waals surface area contributed by atoms with Gasteiger partial charge in [0.05, 0.1) is 12.7 Å². The summed E-state index contributed by atoms with van der Waals surface area (Å²) in [4.78, 5) is 23.0. The first-order valence-electron chi connectivity index (χ1n) is 7.78. The lowest BCUT2D eigenvalue weighted by molar-refractivity contribution is 0.0601. The van der Waals surface area contributed by atoms with Crippen molar-refractivity contribution in [3.05, 3.63) is 53.6 Å². The van der Waals surface area contributed by atoms with Crippen LogP contribution in [0.5, 0.6) is 5.75 Å². The Bertz CT molecular complexity index is 736. The van der Waals surface area contributed by atoms with Crippen molar-refractivity contribution >= 4 is 12.1 Å². The molecule has 5 heteroatoms. The largest absolute Gasteiger partial charge is 0.511 e. The van der Waals surface area contributed by atoms with Gasteiger partial charge in [0, 0.05) is 5.56 Å². The summed E-state index contributed by atoms with van der Waals surface area (Å²) in [6.07, 6.45) is 1.14. The number of benzene rings is 2. The van der Waals surface area contributed by atoms with E-state index in [1.54, 1.807) is 24.3 Å². The molecule has 1 N–H and O–H groups in total. The Morgan fingerprint density at radius 2 is 1.75 bits per heavy atom. The monoisotopic (exact) mass is 328 g/mol. The fourth-order valence-corrected chi connectivity index (χ4v) is 2.63. The van der Waals surface area contributed by atoms with Gasteiger partial charge in [0.25, 0.3) is 0 Å². The highest BCUT2D eigenvalue weighted by molar-refractivity contribution is 5.98. The molecule has 126 valence electrons. The molecule has 0 aliphatic heterocycles. The summed E-state index contributed by atoms with van der Waals surface area (Å²) in [5.74, 6) is -0.135. The minimum Gasteiger partial charge on any atom is -0.465 e. The van der Waals surface area contributed by atoms with Crippen LogP contribution in [0.2, 0.25) is 0 Å². The number of methoxy groups -OCH3 is 1. The second-order valence-electron chi connectivity index (χ2n) is 5.29. The predicted octanol–water partition coefficient (Wildman–Crippen LogP) is 4.54. The van der Waals surface area contributed by atoms with Crippen LogP contribution in [0, 0.1) is 0 Å². The van der Waals surface area contributed by atoms with Crippen molar-refractivity contribution in [1.82, 2.24) is 0 Å². The van der Waals surface area contributed by atoms with E-state index >= 15 is 0 Å². The van der Waals surface area contributed by atoms with Crippen LogP contribution in [0.3, 0.4) is 0 Å². The number of carbonyl (C=O) groups is 2. The average Bonchev–Trinajstić information content (AvgIpc) is 2.59. The van der Waals surface area contributed by atoms with Crippen LogP contribution in [-0.4, -0.2) is 24.3 Å². The molecule has 0 spiro atoms. The van der Waals surface area contributed by atoms with Crippen LogP contribution in [-0.2, 0) is 11.2 Å². The highest BCUT2D eigenvalue weighted by Gasteiger charge is 2.18. The molecule has 2 aromatic carbocycles. The lowest BCUT2D eigenvalue weighted by atomic mass is 9.92. The Balaban J connectivity index is 2.61. The molecule has 0 amide bonds. The second kappa shape index (κ2) is 8.15. The van der Waals surface area contributed by atoms with Crippen LogP contribution in [0.25, 0.3) is 11.1 Å². The third-order valence-electron chi connectivity index (χ3n) is 3.73. The fourth-order valence-electron chi connectivity index (χ4n) is 2.63. The maximum Gasteiger partial charge on any atom is 0.511 e. The Hall–Kier alpha value is -2.82. The summed E-state index contributed by atoms with van der Waals surface area (Å²) in [6.45, 7) is 2.06. The maximum atomic E-state index is 12.0. The van der Waals surface area contributed by atoms with E-state index in [9.17, 15) is 9.59 Å². The highest BCUT2D eigenvalue weighted by Crippen LogP contribution is 2.34. The summed E-state index contributed by atoms with van der Waals surface area (Å²) in [7, 11) is 1.33. The predicted molar refractivity (Wildman–Crippen MR) is 90.5 cm³/mol. The SMILES string of the molecule is CCCCc1c(OC(=O)O)cccc1-c1ccccc1C(=O)OC. The van der Waals surface area contributed by atoms with Crippen LogP contribution < -0.4 is 4.74 Å². The van der Waals surface area contributed by atoms with Crippen molar-refractivity contribution in [2.24, 2.45) is 0 Å². The zero-order chi connectivity index (χ0) is 17.5. The number of carboxylic acid groups (broad SMARTS) is 1. The number of ether oxygens (including phenoxy) is 2. The van der Waals surface area contributed by atoms with E-state index in [-0.39, 0.29) is 0 Å². The Morgan fingerprint density at radius 1 is 1.04 bits per heavy atom. The molecule has 0 saturated carbocycles. The molecule has 5 nitrogen and oxygen atoms in total. The smallest absolute Gasteiger partial charge is 0.465 e. The molecule has 24 heavy (non-hydrogen) atoms. The Morgan fingerprint density at radius 3 is 2.42 bits per heavy atom. The average molecular weight is 328 g/mol. The summed E-state index contributed by atoms with van der Waals surface area (Å²) < 4.78 is 9.78. The van der Waals surface area contributed by atoms with Crippen molar-refractivity contribution in [2.75, 3.05) is 7.11 Å². The topological polar surface area (TPSA) is 72.8 Å². The van der Waals surface area contributed by atoms with Crippen LogP contribution in [0.15, 0.2) is 42.5 Å². The molecule has 0 aliphatic rings. The molecule has 0 bridgehead atoms. The standard InChI is InChI=1S/C19H20O5/c1-3-4-8-15-13(11-7-12-17(15)24-19(21)22)14-9-5-6-10-16(14)18(20)23-2/h5-7,9-12H,3-4,8H2,1-2H3,(H,21,22). The van der Waals surface area contributed by atoms with Gasteiger partial charge in [0.15, 0.2) is 0 Å². The number of hydrogen-bond acceptors (Lipinski definition) is 4. The molecule has 2 rings (SSSR count). The van der Waals surface area contributed by atoms with E-state index in [1.165, 1.54) is 7.11 Å². The Labute approximate surface area is 140 Å². The lowest BCUT2D eigenvalue weighted by Gasteiger charge is -2.15. The van der Waals surface area contributed by atoms with Crippen molar-refractivity contribution in [2.45, 2.75) is 26.2 Å². The van der Waals surface area contributed by atoms with E-state index < -0.39 is 12.1 Å². The van der Waals surface area contributed by atoms with E-state index in [4.69, 9.17) is 14.6 Å². The molecule has 0 heterocycles. The van der Waals surface area contributed by atoms with Gasteiger partial charge >= 0.3 is 12.1 Å². The molecule has 2 aromatic rings. The normalized spacial score (nSPS) is 10.2. The minimum atomic E-state index is -1.36. The molecule has 0 atom stereocenters. The lowest BCUT2D eigenvalue weighted by Crippen LogP contribution is -2.08. The summed E-state index contributed by atoms with van der Waals surface area (Å²) in [6, 6.07) is 12.3. The summed E-state index contributed by atoms with van der Waals surface area (Å²) in [5, 5.41) is 8.96. The first-order chi connectivity index (χ1) is 11.6. The van der Waals surface area contributed by atoms with Gasteiger partial charge in [-0.1, -0.05) is 43.7 Å². The van der Waals surface area contributed by atoms with Gasteiger partial charge < -0.3 is 14.6 Å². The second-order valence-corrected chi connectivity index (χ2v) is 5.29. The molecule has 0 fully saturated rings. The van der Waals surface area contributed by atoms with Crippen molar-refractivity contribution in [3.8, 4) is 16.9 Å². The first kappa shape index (κ1) is 17.5. The van der Waals surface area contributed by atoms with E-state index in [0.29, 0.717) is 23.3 Å². The van der Waals surface area contributed by atoms with Crippen LogP contribution in [0.4, 0.5) is 4.79 Å². The number of unbranched alkanes of at least 4 members (excludes halogenated alkanes) is 1. The highest BCUT2D eigenvalue weighted by atomic mass is 16.7. The van der Waals surface area contributed by atoms with Crippen molar-refractivity contribution in [3.63, 3.8) is 0 Å². The molecular weight excluding hydrogens is 308 g/mol. The van der Waals surface area contributed by atoms with Gasteiger partial charge in [0.1, 0.15) is 5.75 Å². The summed E-state index contributed by atoms with van der Waals surface area (Å²) >= 11 is 0. The minimum absolute atomic E-state index is 0.299. The van der Waals surface area contributed by atoms with Gasteiger partial charge in [-0.15, -0.1) is 0 Å². The molecule has 0 aliphatic carbocycles. The van der Waals surface area contributed by atoms with Gasteiger partial charge in [0.2, 0.25) is 0 Å². The maximum absolute atomic E-state index is 12.0. The van der Waals surface area contributed by atoms with Crippen LogP contribution in [0.1, 0.15) is 35.7 Å². The molecule has 0 radical (unpaired) electrons. The zero-order valence-corrected chi connectivity index (χ0v) is 13.7. The van der Waals surface area contributed by atoms with Crippen molar-refractivity contribution < 1.29 is 24.2 Å². The molecular formula is C19H20O5. The van der Waals surface area contributed by atoms with Gasteiger partial charge in [-0.2, -0.15) is 0 Å². The van der Waals surface area contributed by atoms with Crippen LogP contribution >= 0.6 is 0 Å². The molecule has 0 unspecified atom stereocenters.